The number of hydrogen-bond acceptors (Lipinski definition) is 4. The van der Waals surface area contributed by atoms with Crippen molar-refractivity contribution >= 4 is 11.6 Å². The van der Waals surface area contributed by atoms with Crippen LogP contribution < -0.4 is 0 Å². The smallest absolute Gasteiger partial charge is 0.416 e. The van der Waals surface area contributed by atoms with E-state index in [0.29, 0.717) is 29.5 Å². The molecule has 2 aromatic heterocycles. The standard InChI is InChI=1S/C25H19ClF3N3O/c26-20-7-3-16(4-8-20)23-10-9-21(33-23)15-32-12-11-22-18(14-32)13-30-24(31-22)17-1-5-19(6-2-17)25(27,28)29/h1-10,13H,11-12,14-15H2. The first-order valence-electron chi connectivity index (χ1n) is 10.4. The lowest BCUT2D eigenvalue weighted by molar-refractivity contribution is -0.137. The molecule has 0 fully saturated rings. The third-order valence-corrected chi connectivity index (χ3v) is 5.91. The Morgan fingerprint density at radius 1 is 0.939 bits per heavy atom. The number of nitrogens with zero attached hydrogens (tertiary/aromatic N) is 3. The average molecular weight is 470 g/mol. The predicted molar refractivity (Wildman–Crippen MR) is 119 cm³/mol. The SMILES string of the molecule is FC(F)(F)c1ccc(-c2ncc3c(n2)CCN(Cc2ccc(-c4ccc(Cl)cc4)o2)C3)cc1. The summed E-state index contributed by atoms with van der Waals surface area (Å²) in [6.07, 6.45) is -1.86. The molecule has 0 saturated heterocycles. The number of rotatable bonds is 4. The summed E-state index contributed by atoms with van der Waals surface area (Å²) >= 11 is 5.95. The zero-order valence-electron chi connectivity index (χ0n) is 17.4. The molecule has 0 atom stereocenters. The Morgan fingerprint density at radius 3 is 2.39 bits per heavy atom. The fourth-order valence-corrected chi connectivity index (χ4v) is 4.04. The molecule has 0 radical (unpaired) electrons. The monoisotopic (exact) mass is 469 g/mol. The number of alkyl halides is 3. The van der Waals surface area contributed by atoms with Crippen molar-refractivity contribution in [3.05, 3.63) is 94.5 Å². The van der Waals surface area contributed by atoms with Gasteiger partial charge < -0.3 is 4.42 Å². The highest BCUT2D eigenvalue weighted by Gasteiger charge is 2.30. The topological polar surface area (TPSA) is 42.2 Å². The summed E-state index contributed by atoms with van der Waals surface area (Å²) in [4.78, 5) is 11.3. The maximum absolute atomic E-state index is 12.8. The normalized spacial score (nSPS) is 14.3. The Balaban J connectivity index is 1.27. The van der Waals surface area contributed by atoms with Crippen molar-refractivity contribution in [2.24, 2.45) is 0 Å². The van der Waals surface area contributed by atoms with Crippen LogP contribution in [0.25, 0.3) is 22.7 Å². The summed E-state index contributed by atoms with van der Waals surface area (Å²) in [5.41, 5.74) is 2.80. The average Bonchev–Trinajstić information content (AvgIpc) is 3.27. The number of aromatic nitrogens is 2. The van der Waals surface area contributed by atoms with E-state index < -0.39 is 11.7 Å². The van der Waals surface area contributed by atoms with Gasteiger partial charge in [-0.15, -0.1) is 0 Å². The van der Waals surface area contributed by atoms with Gasteiger partial charge in [0.1, 0.15) is 11.5 Å². The fourth-order valence-electron chi connectivity index (χ4n) is 3.91. The van der Waals surface area contributed by atoms with E-state index in [2.05, 4.69) is 14.9 Å². The second-order valence-electron chi connectivity index (χ2n) is 7.97. The van der Waals surface area contributed by atoms with Crippen LogP contribution in [0.1, 0.15) is 22.6 Å². The zero-order chi connectivity index (χ0) is 23.0. The van der Waals surface area contributed by atoms with Gasteiger partial charge in [-0.05, 0) is 48.5 Å². The van der Waals surface area contributed by atoms with Gasteiger partial charge in [0.05, 0.1) is 17.8 Å². The van der Waals surface area contributed by atoms with Crippen molar-refractivity contribution in [1.29, 1.82) is 0 Å². The molecule has 3 heterocycles. The van der Waals surface area contributed by atoms with Crippen molar-refractivity contribution in [3.8, 4) is 22.7 Å². The molecule has 0 N–H and O–H groups in total. The van der Waals surface area contributed by atoms with Gasteiger partial charge in [0.2, 0.25) is 0 Å². The maximum Gasteiger partial charge on any atom is 0.416 e. The van der Waals surface area contributed by atoms with Crippen LogP contribution in [0.4, 0.5) is 13.2 Å². The Bertz CT molecular complexity index is 1270. The summed E-state index contributed by atoms with van der Waals surface area (Å²) in [5.74, 6) is 2.10. The van der Waals surface area contributed by atoms with Gasteiger partial charge in [0.15, 0.2) is 5.82 Å². The lowest BCUT2D eigenvalue weighted by Gasteiger charge is -2.27. The fraction of sp³-hybridized carbons (Fsp3) is 0.200. The second kappa shape index (κ2) is 8.65. The highest BCUT2D eigenvalue weighted by atomic mass is 35.5. The van der Waals surface area contributed by atoms with Crippen LogP contribution in [0.3, 0.4) is 0 Å². The summed E-state index contributed by atoms with van der Waals surface area (Å²) in [6, 6.07) is 16.4. The molecule has 0 unspecified atom stereocenters. The summed E-state index contributed by atoms with van der Waals surface area (Å²) in [7, 11) is 0. The van der Waals surface area contributed by atoms with Gasteiger partial charge >= 0.3 is 6.18 Å². The minimum Gasteiger partial charge on any atom is -0.460 e. The number of fused-ring (bicyclic) bond motifs is 1. The molecule has 4 aromatic rings. The van der Waals surface area contributed by atoms with Crippen LogP contribution in [0.15, 0.2) is 71.3 Å². The Morgan fingerprint density at radius 2 is 1.67 bits per heavy atom. The van der Waals surface area contributed by atoms with Gasteiger partial charge in [-0.3, -0.25) is 4.90 Å². The molecule has 4 nitrogen and oxygen atoms in total. The minimum atomic E-state index is -4.36. The van der Waals surface area contributed by atoms with Gasteiger partial charge in [0.25, 0.3) is 0 Å². The highest BCUT2D eigenvalue weighted by Crippen LogP contribution is 2.31. The lowest BCUT2D eigenvalue weighted by atomic mass is 10.1. The van der Waals surface area contributed by atoms with E-state index in [4.69, 9.17) is 16.0 Å². The molecule has 1 aliphatic heterocycles. The van der Waals surface area contributed by atoms with E-state index in [0.717, 1.165) is 53.4 Å². The van der Waals surface area contributed by atoms with Crippen LogP contribution in [0, 0.1) is 0 Å². The van der Waals surface area contributed by atoms with E-state index >= 15 is 0 Å². The molecule has 0 amide bonds. The van der Waals surface area contributed by atoms with Crippen LogP contribution in [0.5, 0.6) is 0 Å². The molecule has 0 saturated carbocycles. The molecule has 8 heteroatoms. The largest absolute Gasteiger partial charge is 0.460 e. The van der Waals surface area contributed by atoms with E-state index in [9.17, 15) is 13.2 Å². The highest BCUT2D eigenvalue weighted by molar-refractivity contribution is 6.30. The zero-order valence-corrected chi connectivity index (χ0v) is 18.2. The van der Waals surface area contributed by atoms with Crippen molar-refractivity contribution in [3.63, 3.8) is 0 Å². The third kappa shape index (κ3) is 4.79. The molecule has 33 heavy (non-hydrogen) atoms. The number of furan rings is 1. The molecule has 0 bridgehead atoms. The molecule has 2 aromatic carbocycles. The molecule has 1 aliphatic rings. The third-order valence-electron chi connectivity index (χ3n) is 5.65. The van der Waals surface area contributed by atoms with Crippen molar-refractivity contribution in [2.75, 3.05) is 6.54 Å². The quantitative estimate of drug-likeness (QED) is 0.336. The Kier molecular flexibility index (Phi) is 5.68. The summed E-state index contributed by atoms with van der Waals surface area (Å²) in [6.45, 7) is 2.14. The van der Waals surface area contributed by atoms with Crippen molar-refractivity contribution < 1.29 is 17.6 Å². The first-order chi connectivity index (χ1) is 15.8. The first-order valence-corrected chi connectivity index (χ1v) is 10.8. The lowest BCUT2D eigenvalue weighted by Crippen LogP contribution is -2.30. The van der Waals surface area contributed by atoms with Crippen molar-refractivity contribution in [1.82, 2.24) is 14.9 Å². The molecule has 0 aliphatic carbocycles. The van der Waals surface area contributed by atoms with Crippen LogP contribution in [0.2, 0.25) is 5.02 Å². The van der Waals surface area contributed by atoms with Gasteiger partial charge in [-0.1, -0.05) is 23.7 Å². The van der Waals surface area contributed by atoms with Gasteiger partial charge in [0, 0.05) is 47.4 Å². The Labute approximate surface area is 193 Å². The van der Waals surface area contributed by atoms with Gasteiger partial charge in [-0.2, -0.15) is 13.2 Å². The first kappa shape index (κ1) is 21.7. The molecular formula is C25H19ClF3N3O. The van der Waals surface area contributed by atoms with E-state index in [1.165, 1.54) is 12.1 Å². The van der Waals surface area contributed by atoms with E-state index in [1.807, 2.05) is 36.4 Å². The minimum absolute atomic E-state index is 0.439. The number of hydrogen-bond donors (Lipinski definition) is 0. The molecular weight excluding hydrogens is 451 g/mol. The number of halogens is 4. The molecule has 5 rings (SSSR count). The van der Waals surface area contributed by atoms with Gasteiger partial charge in [-0.25, -0.2) is 9.97 Å². The van der Waals surface area contributed by atoms with Crippen LogP contribution in [-0.2, 0) is 25.7 Å². The maximum atomic E-state index is 12.8. The molecule has 0 spiro atoms. The second-order valence-corrected chi connectivity index (χ2v) is 8.41. The van der Waals surface area contributed by atoms with E-state index in [-0.39, 0.29) is 0 Å². The number of benzene rings is 2. The summed E-state index contributed by atoms with van der Waals surface area (Å²) < 4.78 is 44.4. The Hall–Kier alpha value is -3.16. The van der Waals surface area contributed by atoms with Crippen LogP contribution in [-0.4, -0.2) is 21.4 Å². The summed E-state index contributed by atoms with van der Waals surface area (Å²) in [5, 5.41) is 0.682. The van der Waals surface area contributed by atoms with Crippen LogP contribution >= 0.6 is 11.6 Å². The molecule has 168 valence electrons. The predicted octanol–water partition coefficient (Wildman–Crippen LogP) is 6.63. The van der Waals surface area contributed by atoms with Crippen molar-refractivity contribution in [2.45, 2.75) is 25.7 Å². The van der Waals surface area contributed by atoms with E-state index in [1.54, 1.807) is 6.20 Å².